The topological polar surface area (TPSA) is 71.7 Å². The molecule has 0 fully saturated rings. The van der Waals surface area contributed by atoms with E-state index in [2.05, 4.69) is 6.07 Å². The van der Waals surface area contributed by atoms with Gasteiger partial charge in [0.1, 0.15) is 5.75 Å². The lowest BCUT2D eigenvalue weighted by atomic mass is 9.78. The monoisotopic (exact) mass is 233 g/mol. The van der Waals surface area contributed by atoms with E-state index >= 15 is 0 Å². The van der Waals surface area contributed by atoms with Crippen molar-refractivity contribution in [3.05, 3.63) is 23.3 Å². The molecule has 17 heavy (non-hydrogen) atoms. The van der Waals surface area contributed by atoms with Gasteiger partial charge in [-0.15, -0.1) is 0 Å². The van der Waals surface area contributed by atoms with E-state index in [1.54, 1.807) is 12.1 Å². The van der Waals surface area contributed by atoms with Gasteiger partial charge >= 0.3 is 7.12 Å². The Morgan fingerprint density at radius 1 is 1.59 bits per heavy atom. The quantitative estimate of drug-likeness (QED) is 0.455. The van der Waals surface area contributed by atoms with Crippen molar-refractivity contribution in [2.24, 2.45) is 0 Å². The summed E-state index contributed by atoms with van der Waals surface area (Å²) in [5.74, 6) is 0.498. The molecule has 0 radical (unpaired) electrons. The SMILES string of the molecule is CCOCOc1cc(C#N)c2c(c1)B(O)OC2. The van der Waals surface area contributed by atoms with Crippen LogP contribution in [0.25, 0.3) is 0 Å². The molecule has 1 heterocycles. The molecule has 0 atom stereocenters. The molecular formula is C11H12BNO4. The molecule has 0 saturated heterocycles. The largest absolute Gasteiger partial charge is 0.491 e. The average molecular weight is 233 g/mol. The summed E-state index contributed by atoms with van der Waals surface area (Å²) >= 11 is 0. The minimum absolute atomic E-state index is 0.122. The summed E-state index contributed by atoms with van der Waals surface area (Å²) in [6.07, 6.45) is 0. The Balaban J connectivity index is 2.25. The highest BCUT2D eigenvalue weighted by atomic mass is 16.7. The maximum Gasteiger partial charge on any atom is 0.491 e. The predicted octanol–water partition coefficient (Wildman–Crippen LogP) is 0.149. The molecule has 2 rings (SSSR count). The van der Waals surface area contributed by atoms with Gasteiger partial charge in [0.2, 0.25) is 0 Å². The lowest BCUT2D eigenvalue weighted by molar-refractivity contribution is 0.0224. The summed E-state index contributed by atoms with van der Waals surface area (Å²) in [6, 6.07) is 5.36. The fourth-order valence-corrected chi connectivity index (χ4v) is 1.68. The van der Waals surface area contributed by atoms with Crippen molar-refractivity contribution >= 4 is 12.6 Å². The Bertz CT molecular complexity index is 458. The third-order valence-corrected chi connectivity index (χ3v) is 2.54. The second-order valence-corrected chi connectivity index (χ2v) is 3.57. The number of benzene rings is 1. The van der Waals surface area contributed by atoms with Crippen molar-refractivity contribution in [1.29, 1.82) is 5.26 Å². The maximum atomic E-state index is 9.58. The molecule has 1 aliphatic heterocycles. The Labute approximate surface area is 99.7 Å². The molecule has 1 aromatic rings. The molecule has 0 saturated carbocycles. The molecule has 1 N–H and O–H groups in total. The molecule has 5 nitrogen and oxygen atoms in total. The van der Waals surface area contributed by atoms with Crippen LogP contribution in [0.5, 0.6) is 5.75 Å². The van der Waals surface area contributed by atoms with Gasteiger partial charge in [0, 0.05) is 6.61 Å². The Morgan fingerprint density at radius 3 is 3.12 bits per heavy atom. The predicted molar refractivity (Wildman–Crippen MR) is 60.7 cm³/mol. The molecule has 0 spiro atoms. The first-order valence-electron chi connectivity index (χ1n) is 5.33. The van der Waals surface area contributed by atoms with Crippen LogP contribution in [-0.2, 0) is 16.0 Å². The molecule has 1 aromatic carbocycles. The van der Waals surface area contributed by atoms with Gasteiger partial charge in [0.15, 0.2) is 6.79 Å². The van der Waals surface area contributed by atoms with Gasteiger partial charge in [-0.05, 0) is 30.1 Å². The van der Waals surface area contributed by atoms with Gasteiger partial charge in [0.05, 0.1) is 18.2 Å². The summed E-state index contributed by atoms with van der Waals surface area (Å²) in [5, 5.41) is 18.6. The molecule has 0 bridgehead atoms. The number of hydrogen-bond acceptors (Lipinski definition) is 5. The lowest BCUT2D eigenvalue weighted by Gasteiger charge is -2.08. The van der Waals surface area contributed by atoms with Crippen molar-refractivity contribution in [2.45, 2.75) is 13.5 Å². The minimum Gasteiger partial charge on any atom is -0.468 e. The molecular weight excluding hydrogens is 221 g/mol. The number of rotatable bonds is 4. The van der Waals surface area contributed by atoms with Crippen LogP contribution in [0.2, 0.25) is 0 Å². The fourth-order valence-electron chi connectivity index (χ4n) is 1.68. The van der Waals surface area contributed by atoms with Crippen LogP contribution in [0, 0.1) is 11.3 Å². The minimum atomic E-state index is -0.979. The van der Waals surface area contributed by atoms with E-state index in [-0.39, 0.29) is 13.4 Å². The van der Waals surface area contributed by atoms with Crippen LogP contribution in [0.3, 0.4) is 0 Å². The molecule has 0 unspecified atom stereocenters. The van der Waals surface area contributed by atoms with E-state index in [9.17, 15) is 5.02 Å². The van der Waals surface area contributed by atoms with Crippen LogP contribution in [0.1, 0.15) is 18.1 Å². The molecule has 0 aliphatic carbocycles. The molecule has 6 heteroatoms. The maximum absolute atomic E-state index is 9.58. The fraction of sp³-hybridized carbons (Fsp3) is 0.364. The van der Waals surface area contributed by atoms with Gasteiger partial charge < -0.3 is 19.2 Å². The second kappa shape index (κ2) is 5.19. The zero-order valence-electron chi connectivity index (χ0n) is 9.47. The van der Waals surface area contributed by atoms with Gasteiger partial charge in [-0.3, -0.25) is 0 Å². The highest BCUT2D eigenvalue weighted by molar-refractivity contribution is 6.61. The Hall–Kier alpha value is -1.55. The number of nitrogens with zero attached hydrogens (tertiary/aromatic N) is 1. The molecule has 1 aliphatic rings. The van der Waals surface area contributed by atoms with Crippen LogP contribution in [0.15, 0.2) is 12.1 Å². The van der Waals surface area contributed by atoms with Gasteiger partial charge in [-0.1, -0.05) is 0 Å². The third kappa shape index (κ3) is 2.42. The van der Waals surface area contributed by atoms with E-state index < -0.39 is 7.12 Å². The standard InChI is InChI=1S/C11H12BNO4/c1-2-15-7-16-9-3-8(5-13)10-6-17-12(14)11(10)4-9/h3-4,14H,2,6-7H2,1H3. The van der Waals surface area contributed by atoms with Crippen LogP contribution in [-0.4, -0.2) is 25.5 Å². The summed E-state index contributed by atoms with van der Waals surface area (Å²) in [5.41, 5.74) is 1.78. The van der Waals surface area contributed by atoms with Gasteiger partial charge in [-0.25, -0.2) is 0 Å². The van der Waals surface area contributed by atoms with Crippen LogP contribution < -0.4 is 10.2 Å². The summed E-state index contributed by atoms with van der Waals surface area (Å²) in [6.45, 7) is 2.80. The van der Waals surface area contributed by atoms with E-state index in [4.69, 9.17) is 19.4 Å². The van der Waals surface area contributed by atoms with E-state index in [0.29, 0.717) is 23.4 Å². The van der Waals surface area contributed by atoms with E-state index in [1.165, 1.54) is 0 Å². The Kier molecular flexibility index (Phi) is 3.64. The highest BCUT2D eigenvalue weighted by Crippen LogP contribution is 2.21. The normalized spacial score (nSPS) is 13.4. The van der Waals surface area contributed by atoms with E-state index in [1.807, 2.05) is 6.92 Å². The first-order chi connectivity index (χ1) is 8.26. The highest BCUT2D eigenvalue weighted by Gasteiger charge is 2.30. The van der Waals surface area contributed by atoms with Crippen molar-refractivity contribution in [3.8, 4) is 11.8 Å². The number of ether oxygens (including phenoxy) is 2. The molecule has 0 amide bonds. The summed E-state index contributed by atoms with van der Waals surface area (Å²) < 4.78 is 15.4. The first-order valence-corrected chi connectivity index (χ1v) is 5.33. The number of hydrogen-bond donors (Lipinski definition) is 1. The van der Waals surface area contributed by atoms with Crippen LogP contribution >= 0.6 is 0 Å². The molecule has 0 aromatic heterocycles. The van der Waals surface area contributed by atoms with Gasteiger partial charge in [0.25, 0.3) is 0 Å². The Morgan fingerprint density at radius 2 is 2.41 bits per heavy atom. The smallest absolute Gasteiger partial charge is 0.468 e. The lowest BCUT2D eigenvalue weighted by Crippen LogP contribution is -2.28. The second-order valence-electron chi connectivity index (χ2n) is 3.57. The van der Waals surface area contributed by atoms with Crippen molar-refractivity contribution in [1.82, 2.24) is 0 Å². The summed E-state index contributed by atoms with van der Waals surface area (Å²) in [4.78, 5) is 0. The van der Waals surface area contributed by atoms with Crippen molar-refractivity contribution < 1.29 is 19.2 Å². The average Bonchev–Trinajstić information content (AvgIpc) is 2.71. The van der Waals surface area contributed by atoms with Crippen LogP contribution in [0.4, 0.5) is 0 Å². The number of nitriles is 1. The van der Waals surface area contributed by atoms with Gasteiger partial charge in [-0.2, -0.15) is 5.26 Å². The number of fused-ring (bicyclic) bond motifs is 1. The first kappa shape index (κ1) is 11.9. The van der Waals surface area contributed by atoms with E-state index in [0.717, 1.165) is 5.56 Å². The molecule has 88 valence electrons. The zero-order chi connectivity index (χ0) is 12.3. The third-order valence-electron chi connectivity index (χ3n) is 2.54. The zero-order valence-corrected chi connectivity index (χ0v) is 9.47. The van der Waals surface area contributed by atoms with Crippen molar-refractivity contribution in [2.75, 3.05) is 13.4 Å². The van der Waals surface area contributed by atoms with Crippen molar-refractivity contribution in [3.63, 3.8) is 0 Å². The summed E-state index contributed by atoms with van der Waals surface area (Å²) in [7, 11) is -0.979.